The van der Waals surface area contributed by atoms with Crippen LogP contribution in [0.3, 0.4) is 0 Å². The molecule has 0 unspecified atom stereocenters. The Hall–Kier alpha value is -2.14. The molecule has 1 aromatic heterocycles. The van der Waals surface area contributed by atoms with Crippen LogP contribution in [0, 0.1) is 12.8 Å². The van der Waals surface area contributed by atoms with Crippen LogP contribution in [0.4, 0.5) is 0 Å². The predicted molar refractivity (Wildman–Crippen MR) is 108 cm³/mol. The van der Waals surface area contributed by atoms with E-state index in [0.29, 0.717) is 5.92 Å². The van der Waals surface area contributed by atoms with E-state index in [1.807, 2.05) is 36.1 Å². The largest absolute Gasteiger partial charge is 0.390 e. The number of H-pyrrole nitrogens is 1. The first kappa shape index (κ1) is 19.6. The van der Waals surface area contributed by atoms with E-state index in [1.165, 1.54) is 0 Å². The fourth-order valence-corrected chi connectivity index (χ4v) is 3.94. The quantitative estimate of drug-likeness (QED) is 0.849. The zero-order valence-corrected chi connectivity index (χ0v) is 16.5. The highest BCUT2D eigenvalue weighted by atomic mass is 16.3. The molecule has 5 nitrogen and oxygen atoms in total. The van der Waals surface area contributed by atoms with Gasteiger partial charge in [0.25, 0.3) is 0 Å². The van der Waals surface area contributed by atoms with Gasteiger partial charge in [-0.25, -0.2) is 0 Å². The number of carbonyl (C=O) groups excluding carboxylic acids is 1. The van der Waals surface area contributed by atoms with E-state index in [4.69, 9.17) is 0 Å². The molecule has 0 spiro atoms. The molecule has 2 N–H and O–H groups in total. The molecule has 0 radical (unpaired) electrons. The summed E-state index contributed by atoms with van der Waals surface area (Å²) < 4.78 is 0. The van der Waals surface area contributed by atoms with Crippen molar-refractivity contribution in [2.45, 2.75) is 58.5 Å². The van der Waals surface area contributed by atoms with Crippen molar-refractivity contribution in [3.63, 3.8) is 0 Å². The number of nitrogens with zero attached hydrogens (tertiary/aromatic N) is 1. The highest BCUT2D eigenvalue weighted by molar-refractivity contribution is 5.79. The number of piperidine rings is 1. The van der Waals surface area contributed by atoms with E-state index < -0.39 is 5.60 Å². The minimum Gasteiger partial charge on any atom is -0.390 e. The third kappa shape index (κ3) is 4.78. The van der Waals surface area contributed by atoms with Crippen LogP contribution in [-0.4, -0.2) is 39.6 Å². The molecular weight excluding hydrogens is 340 g/mol. The van der Waals surface area contributed by atoms with Crippen LogP contribution in [-0.2, 0) is 11.2 Å². The third-order valence-electron chi connectivity index (χ3n) is 5.60. The number of aromatic nitrogens is 1. The normalized spacial score (nSPS) is 16.1. The molecule has 5 heteroatoms. The summed E-state index contributed by atoms with van der Waals surface area (Å²) in [6.07, 6.45) is 4.01. The number of rotatable bonds is 5. The van der Waals surface area contributed by atoms with Crippen LogP contribution in [0.15, 0.2) is 29.1 Å². The molecule has 1 aliphatic heterocycles. The lowest BCUT2D eigenvalue weighted by molar-refractivity contribution is -0.136. The van der Waals surface area contributed by atoms with E-state index in [1.54, 1.807) is 13.8 Å². The molecule has 0 bridgehead atoms. The average Bonchev–Trinajstić information content (AvgIpc) is 2.62. The van der Waals surface area contributed by atoms with Gasteiger partial charge < -0.3 is 15.0 Å². The van der Waals surface area contributed by atoms with Gasteiger partial charge in [0.2, 0.25) is 5.91 Å². The van der Waals surface area contributed by atoms with Gasteiger partial charge in [-0.2, -0.15) is 0 Å². The molecule has 1 aromatic carbocycles. The van der Waals surface area contributed by atoms with Gasteiger partial charge in [0.1, 0.15) is 0 Å². The van der Waals surface area contributed by atoms with Crippen molar-refractivity contribution in [1.29, 1.82) is 0 Å². The monoisotopic (exact) mass is 370 g/mol. The Morgan fingerprint density at radius 2 is 1.93 bits per heavy atom. The van der Waals surface area contributed by atoms with Crippen molar-refractivity contribution in [1.82, 2.24) is 9.88 Å². The summed E-state index contributed by atoms with van der Waals surface area (Å²) in [4.78, 5) is 30.1. The van der Waals surface area contributed by atoms with Crippen LogP contribution >= 0.6 is 0 Å². The number of amides is 1. The summed E-state index contributed by atoms with van der Waals surface area (Å²) in [5, 5.41) is 10.6. The molecule has 27 heavy (non-hydrogen) atoms. The number of fused-ring (bicyclic) bond motifs is 1. The Bertz CT molecular complexity index is 871. The highest BCUT2D eigenvalue weighted by Crippen LogP contribution is 2.24. The summed E-state index contributed by atoms with van der Waals surface area (Å²) in [6.45, 7) is 6.76. The Balaban J connectivity index is 1.58. The van der Waals surface area contributed by atoms with Gasteiger partial charge in [0.05, 0.1) is 12.0 Å². The Morgan fingerprint density at radius 3 is 2.59 bits per heavy atom. The maximum Gasteiger partial charge on any atom is 0.225 e. The zero-order valence-electron chi connectivity index (χ0n) is 16.5. The summed E-state index contributed by atoms with van der Waals surface area (Å²) in [5.74, 6) is 0.598. The number of hydrogen-bond donors (Lipinski definition) is 2. The standard InChI is InChI=1S/C22H30N2O3/c1-15-18(23-19-7-5-4-6-17(19)21(15)26)9-8-16-10-12-24(13-11-16)20(25)14-22(2,3)27/h4-7,16,27H,8-14H2,1-3H3,(H,23,26). The number of benzene rings is 1. The molecule has 2 heterocycles. The summed E-state index contributed by atoms with van der Waals surface area (Å²) >= 11 is 0. The first-order chi connectivity index (χ1) is 12.7. The second-order valence-corrected chi connectivity index (χ2v) is 8.46. The molecule has 1 amide bonds. The van der Waals surface area contributed by atoms with Gasteiger partial charge in [-0.3, -0.25) is 9.59 Å². The Labute approximate surface area is 160 Å². The Morgan fingerprint density at radius 1 is 1.26 bits per heavy atom. The number of nitrogens with one attached hydrogen (secondary N) is 1. The lowest BCUT2D eigenvalue weighted by Gasteiger charge is -2.33. The molecule has 0 atom stereocenters. The van der Waals surface area contributed by atoms with Crippen LogP contribution in [0.5, 0.6) is 0 Å². The summed E-state index contributed by atoms with van der Waals surface area (Å²) in [6, 6.07) is 7.65. The summed E-state index contributed by atoms with van der Waals surface area (Å²) in [5.41, 5.74) is 1.90. The van der Waals surface area contributed by atoms with Crippen LogP contribution in [0.25, 0.3) is 10.9 Å². The number of carbonyl (C=O) groups is 1. The maximum absolute atomic E-state index is 12.5. The number of hydrogen-bond acceptors (Lipinski definition) is 3. The van der Waals surface area contributed by atoms with E-state index >= 15 is 0 Å². The zero-order chi connectivity index (χ0) is 19.6. The molecule has 1 saturated heterocycles. The fraction of sp³-hybridized carbons (Fsp3) is 0.545. The lowest BCUT2D eigenvalue weighted by Crippen LogP contribution is -2.41. The molecule has 1 fully saturated rings. The van der Waals surface area contributed by atoms with Crippen molar-refractivity contribution in [2.24, 2.45) is 5.92 Å². The summed E-state index contributed by atoms with van der Waals surface area (Å²) in [7, 11) is 0. The number of pyridine rings is 1. The van der Waals surface area contributed by atoms with Crippen molar-refractivity contribution >= 4 is 16.8 Å². The van der Waals surface area contributed by atoms with E-state index in [0.717, 1.165) is 60.9 Å². The molecular formula is C22H30N2O3. The molecule has 146 valence electrons. The average molecular weight is 370 g/mol. The second-order valence-electron chi connectivity index (χ2n) is 8.46. The van der Waals surface area contributed by atoms with Crippen LogP contribution in [0.2, 0.25) is 0 Å². The minimum absolute atomic E-state index is 0.0376. The lowest BCUT2D eigenvalue weighted by atomic mass is 9.90. The number of likely N-dealkylation sites (tertiary alicyclic amines) is 1. The van der Waals surface area contributed by atoms with Crippen LogP contribution in [0.1, 0.15) is 50.8 Å². The molecule has 0 saturated carbocycles. The minimum atomic E-state index is -0.951. The topological polar surface area (TPSA) is 73.4 Å². The highest BCUT2D eigenvalue weighted by Gasteiger charge is 2.26. The fourth-order valence-electron chi connectivity index (χ4n) is 3.94. The number of para-hydroxylation sites is 1. The number of aromatic amines is 1. The third-order valence-corrected chi connectivity index (χ3v) is 5.60. The van der Waals surface area contributed by atoms with Crippen molar-refractivity contribution in [3.8, 4) is 0 Å². The van der Waals surface area contributed by atoms with Gasteiger partial charge in [-0.1, -0.05) is 12.1 Å². The van der Waals surface area contributed by atoms with Gasteiger partial charge >= 0.3 is 0 Å². The molecule has 3 rings (SSSR count). The molecule has 2 aromatic rings. The van der Waals surface area contributed by atoms with Crippen molar-refractivity contribution in [3.05, 3.63) is 45.7 Å². The van der Waals surface area contributed by atoms with Gasteiger partial charge in [-0.05, 0) is 64.5 Å². The SMILES string of the molecule is Cc1c(CCC2CCN(C(=O)CC(C)(C)O)CC2)[nH]c2ccccc2c1=O. The van der Waals surface area contributed by atoms with Gasteiger partial charge in [0.15, 0.2) is 5.43 Å². The van der Waals surface area contributed by atoms with E-state index in [2.05, 4.69) is 4.98 Å². The van der Waals surface area contributed by atoms with Gasteiger partial charge in [-0.15, -0.1) is 0 Å². The van der Waals surface area contributed by atoms with Crippen molar-refractivity contribution in [2.75, 3.05) is 13.1 Å². The Kier molecular flexibility index (Phi) is 5.70. The molecule has 0 aliphatic carbocycles. The number of aliphatic hydroxyl groups is 1. The van der Waals surface area contributed by atoms with Gasteiger partial charge in [0, 0.05) is 35.2 Å². The maximum atomic E-state index is 12.5. The van der Waals surface area contributed by atoms with Crippen molar-refractivity contribution < 1.29 is 9.90 Å². The first-order valence-corrected chi connectivity index (χ1v) is 9.85. The first-order valence-electron chi connectivity index (χ1n) is 9.85. The predicted octanol–water partition coefficient (Wildman–Crippen LogP) is 3.17. The molecule has 1 aliphatic rings. The van der Waals surface area contributed by atoms with E-state index in [-0.39, 0.29) is 17.8 Å². The van der Waals surface area contributed by atoms with Crippen LogP contribution < -0.4 is 5.43 Å². The number of aryl methyl sites for hydroxylation is 1. The second kappa shape index (κ2) is 7.85. The van der Waals surface area contributed by atoms with E-state index in [9.17, 15) is 14.7 Å². The smallest absolute Gasteiger partial charge is 0.225 e.